The number of amides is 1. The molecule has 3 rings (SSSR count). The highest BCUT2D eigenvalue weighted by atomic mass is 16.5. The Morgan fingerprint density at radius 2 is 1.86 bits per heavy atom. The third-order valence-corrected chi connectivity index (χ3v) is 3.79. The molecule has 11 nitrogen and oxygen atoms in total. The molecule has 11 heteroatoms. The van der Waals surface area contributed by atoms with Crippen LogP contribution in [0.3, 0.4) is 0 Å². The number of carbonyl (C=O) groups excluding carboxylic acids is 2. The quantitative estimate of drug-likeness (QED) is 0.327. The van der Waals surface area contributed by atoms with Gasteiger partial charge in [-0.1, -0.05) is 12.1 Å². The number of aromatic amines is 1. The van der Waals surface area contributed by atoms with Crippen molar-refractivity contribution in [2.45, 2.75) is 6.92 Å². The van der Waals surface area contributed by atoms with Gasteiger partial charge in [-0.15, -0.1) is 0 Å². The van der Waals surface area contributed by atoms with E-state index in [4.69, 9.17) is 4.74 Å². The van der Waals surface area contributed by atoms with Crippen molar-refractivity contribution in [2.24, 2.45) is 0 Å². The van der Waals surface area contributed by atoms with E-state index in [1.54, 1.807) is 30.3 Å². The van der Waals surface area contributed by atoms with E-state index in [0.717, 1.165) is 11.3 Å². The molecule has 0 aliphatic carbocycles. The zero-order valence-corrected chi connectivity index (χ0v) is 15.9. The lowest BCUT2D eigenvalue weighted by Crippen LogP contribution is -2.26. The fourth-order valence-electron chi connectivity index (χ4n) is 2.41. The lowest BCUT2D eigenvalue weighted by Gasteiger charge is -2.06. The summed E-state index contributed by atoms with van der Waals surface area (Å²) >= 11 is 0. The smallest absolute Gasteiger partial charge is 0.337 e. The second kappa shape index (κ2) is 9.26. The average molecular weight is 396 g/mol. The summed E-state index contributed by atoms with van der Waals surface area (Å²) in [6.07, 6.45) is 1.37. The Balaban J connectivity index is 1.62. The van der Waals surface area contributed by atoms with Gasteiger partial charge in [0, 0.05) is 26.1 Å². The van der Waals surface area contributed by atoms with E-state index in [-0.39, 0.29) is 11.9 Å². The van der Waals surface area contributed by atoms with Gasteiger partial charge in [0.2, 0.25) is 17.8 Å². The summed E-state index contributed by atoms with van der Waals surface area (Å²) in [6, 6.07) is 8.74. The van der Waals surface area contributed by atoms with Crippen molar-refractivity contribution >= 4 is 29.6 Å². The molecule has 0 saturated carbocycles. The van der Waals surface area contributed by atoms with E-state index >= 15 is 0 Å². The van der Waals surface area contributed by atoms with E-state index in [0.29, 0.717) is 36.4 Å². The van der Waals surface area contributed by atoms with Crippen LogP contribution in [-0.4, -0.2) is 57.2 Å². The van der Waals surface area contributed by atoms with E-state index in [9.17, 15) is 9.59 Å². The first-order valence-electron chi connectivity index (χ1n) is 8.73. The van der Waals surface area contributed by atoms with Crippen LogP contribution in [0.25, 0.3) is 11.3 Å². The molecule has 0 bridgehead atoms. The number of hydrogen-bond acceptors (Lipinski definition) is 9. The van der Waals surface area contributed by atoms with Crippen LogP contribution in [-0.2, 0) is 9.53 Å². The number of nitrogens with one attached hydrogen (secondary N) is 4. The molecule has 4 N–H and O–H groups in total. The van der Waals surface area contributed by atoms with E-state index < -0.39 is 0 Å². The molecule has 3 aromatic rings. The summed E-state index contributed by atoms with van der Waals surface area (Å²) in [5.74, 6) is 0.731. The Morgan fingerprint density at radius 3 is 2.59 bits per heavy atom. The molecule has 0 saturated heterocycles. The minimum Gasteiger partial charge on any atom is -0.465 e. The van der Waals surface area contributed by atoms with E-state index in [2.05, 4.69) is 41.1 Å². The number of methoxy groups -OCH3 is 1. The molecule has 1 aromatic carbocycles. The number of anilines is 3. The monoisotopic (exact) mass is 396 g/mol. The SMILES string of the molecule is COC(=O)c1ccc(-c2cc(Nc3ncnc(NCCNC(C)=O)n3)n[nH]2)cc1. The van der Waals surface area contributed by atoms with Gasteiger partial charge in [0.15, 0.2) is 5.82 Å². The fourth-order valence-corrected chi connectivity index (χ4v) is 2.41. The highest BCUT2D eigenvalue weighted by molar-refractivity contribution is 5.89. The Morgan fingerprint density at radius 1 is 1.10 bits per heavy atom. The molecule has 0 unspecified atom stereocenters. The van der Waals surface area contributed by atoms with Crippen LogP contribution in [0.4, 0.5) is 17.7 Å². The maximum Gasteiger partial charge on any atom is 0.337 e. The van der Waals surface area contributed by atoms with Crippen LogP contribution < -0.4 is 16.0 Å². The molecule has 0 fully saturated rings. The Labute approximate surface area is 166 Å². The number of hydrogen-bond donors (Lipinski definition) is 4. The van der Waals surface area contributed by atoms with Crippen LogP contribution in [0, 0.1) is 0 Å². The van der Waals surface area contributed by atoms with Crippen molar-refractivity contribution in [3.05, 3.63) is 42.2 Å². The number of rotatable bonds is 8. The fraction of sp³-hybridized carbons (Fsp3) is 0.222. The van der Waals surface area contributed by atoms with Crippen LogP contribution >= 0.6 is 0 Å². The standard InChI is InChI=1S/C18H20N8O3/c1-11(27)19-7-8-20-17-21-10-22-18(24-17)23-15-9-14(25-26-15)12-3-5-13(6-4-12)16(28)29-2/h3-6,9-10H,7-8H2,1-2H3,(H,19,27)(H3,20,21,22,23,24,25,26). The van der Waals surface area contributed by atoms with Gasteiger partial charge in [0.25, 0.3) is 0 Å². The van der Waals surface area contributed by atoms with Gasteiger partial charge in [0.1, 0.15) is 6.33 Å². The second-order valence-electron chi connectivity index (χ2n) is 5.90. The Bertz CT molecular complexity index is 987. The molecule has 2 aromatic heterocycles. The lowest BCUT2D eigenvalue weighted by molar-refractivity contribution is -0.118. The minimum atomic E-state index is -0.389. The summed E-state index contributed by atoms with van der Waals surface area (Å²) in [5.41, 5.74) is 2.08. The van der Waals surface area contributed by atoms with Crippen molar-refractivity contribution in [1.29, 1.82) is 0 Å². The van der Waals surface area contributed by atoms with Crippen LogP contribution in [0.2, 0.25) is 0 Å². The van der Waals surface area contributed by atoms with Gasteiger partial charge in [-0.25, -0.2) is 14.8 Å². The maximum atomic E-state index is 11.5. The maximum absolute atomic E-state index is 11.5. The predicted molar refractivity (Wildman–Crippen MR) is 106 cm³/mol. The molecular formula is C18H20N8O3. The predicted octanol–water partition coefficient (Wildman–Crippen LogP) is 1.34. The zero-order valence-electron chi connectivity index (χ0n) is 15.9. The molecule has 0 aliphatic heterocycles. The van der Waals surface area contributed by atoms with Gasteiger partial charge in [-0.3, -0.25) is 9.89 Å². The summed E-state index contributed by atoms with van der Waals surface area (Å²) in [7, 11) is 1.34. The van der Waals surface area contributed by atoms with Crippen molar-refractivity contribution < 1.29 is 14.3 Å². The first-order chi connectivity index (χ1) is 14.0. The summed E-state index contributed by atoms with van der Waals surface area (Å²) in [5, 5.41) is 15.8. The molecule has 0 atom stereocenters. The summed E-state index contributed by atoms with van der Waals surface area (Å²) in [4.78, 5) is 34.7. The molecule has 29 heavy (non-hydrogen) atoms. The number of benzene rings is 1. The largest absolute Gasteiger partial charge is 0.465 e. The van der Waals surface area contributed by atoms with E-state index in [1.165, 1.54) is 20.4 Å². The number of nitrogens with zero attached hydrogens (tertiary/aromatic N) is 4. The van der Waals surface area contributed by atoms with Gasteiger partial charge in [-0.05, 0) is 17.7 Å². The molecule has 0 aliphatic rings. The average Bonchev–Trinajstić information content (AvgIpc) is 3.19. The normalized spacial score (nSPS) is 10.3. The Kier molecular flexibility index (Phi) is 6.30. The molecule has 0 spiro atoms. The number of H-pyrrole nitrogens is 1. The Hall–Kier alpha value is -4.02. The van der Waals surface area contributed by atoms with Crippen LogP contribution in [0.15, 0.2) is 36.7 Å². The number of ether oxygens (including phenoxy) is 1. The van der Waals surface area contributed by atoms with Gasteiger partial charge < -0.3 is 20.7 Å². The number of esters is 1. The van der Waals surface area contributed by atoms with Gasteiger partial charge in [0.05, 0.1) is 18.4 Å². The van der Waals surface area contributed by atoms with Gasteiger partial charge in [-0.2, -0.15) is 10.1 Å². The summed E-state index contributed by atoms with van der Waals surface area (Å²) < 4.78 is 4.69. The van der Waals surface area contributed by atoms with Crippen molar-refractivity contribution in [2.75, 3.05) is 30.8 Å². The van der Waals surface area contributed by atoms with Crippen molar-refractivity contribution in [3.63, 3.8) is 0 Å². The molecular weight excluding hydrogens is 376 g/mol. The van der Waals surface area contributed by atoms with Crippen LogP contribution in [0.1, 0.15) is 17.3 Å². The van der Waals surface area contributed by atoms with Gasteiger partial charge >= 0.3 is 5.97 Å². The molecule has 150 valence electrons. The minimum absolute atomic E-state index is 0.0981. The highest BCUT2D eigenvalue weighted by Gasteiger charge is 2.09. The third kappa shape index (κ3) is 5.48. The first-order valence-corrected chi connectivity index (χ1v) is 8.73. The number of aromatic nitrogens is 5. The summed E-state index contributed by atoms with van der Waals surface area (Å²) in [6.45, 7) is 2.40. The second-order valence-corrected chi connectivity index (χ2v) is 5.90. The zero-order chi connectivity index (χ0) is 20.6. The van der Waals surface area contributed by atoms with Crippen molar-refractivity contribution in [1.82, 2.24) is 30.5 Å². The van der Waals surface area contributed by atoms with Crippen molar-refractivity contribution in [3.8, 4) is 11.3 Å². The highest BCUT2D eigenvalue weighted by Crippen LogP contribution is 2.21. The lowest BCUT2D eigenvalue weighted by atomic mass is 10.1. The van der Waals surface area contributed by atoms with Crippen LogP contribution in [0.5, 0.6) is 0 Å². The van der Waals surface area contributed by atoms with E-state index in [1.807, 2.05) is 0 Å². The first kappa shape index (κ1) is 19.7. The topological polar surface area (TPSA) is 147 Å². The number of carbonyl (C=O) groups is 2. The molecule has 2 heterocycles. The molecule has 0 radical (unpaired) electrons. The third-order valence-electron chi connectivity index (χ3n) is 3.79. The molecule has 1 amide bonds.